The summed E-state index contributed by atoms with van der Waals surface area (Å²) in [5, 5.41) is 0. The van der Waals surface area contributed by atoms with E-state index in [-0.39, 0.29) is 5.82 Å². The highest BCUT2D eigenvalue weighted by molar-refractivity contribution is 9.10. The van der Waals surface area contributed by atoms with Gasteiger partial charge in [-0.2, -0.15) is 0 Å². The van der Waals surface area contributed by atoms with Gasteiger partial charge in [-0.25, -0.2) is 4.39 Å². The molecule has 0 saturated heterocycles. The Hall–Kier alpha value is -0.450. The zero-order valence-corrected chi connectivity index (χ0v) is 11.3. The number of benzene rings is 1. The highest BCUT2D eigenvalue weighted by Gasteiger charge is 2.07. The summed E-state index contributed by atoms with van der Waals surface area (Å²) in [4.78, 5) is 2.25. The number of halogens is 2. The molecule has 0 unspecified atom stereocenters. The third-order valence-electron chi connectivity index (χ3n) is 2.47. The van der Waals surface area contributed by atoms with Crippen molar-refractivity contribution >= 4 is 15.9 Å². The van der Waals surface area contributed by atoms with Crippen molar-refractivity contribution in [1.82, 2.24) is 4.90 Å². The van der Waals surface area contributed by atoms with Crippen molar-refractivity contribution in [1.29, 1.82) is 0 Å². The van der Waals surface area contributed by atoms with E-state index in [2.05, 4.69) is 27.8 Å². The summed E-state index contributed by atoms with van der Waals surface area (Å²) in [5.74, 6) is -0.212. The first-order valence-electron chi connectivity index (χ1n) is 5.32. The number of ether oxygens (including phenoxy) is 1. The molecule has 0 aliphatic carbocycles. The number of hydrogen-bond acceptors (Lipinski definition) is 2. The second kappa shape index (κ2) is 6.99. The number of methoxy groups -OCH3 is 1. The fourth-order valence-electron chi connectivity index (χ4n) is 1.46. The molecule has 0 heterocycles. The fourth-order valence-corrected chi connectivity index (χ4v) is 1.94. The second-order valence-corrected chi connectivity index (χ2v) is 4.45. The van der Waals surface area contributed by atoms with E-state index in [1.54, 1.807) is 7.11 Å². The lowest BCUT2D eigenvalue weighted by molar-refractivity contribution is 0.147. The molecule has 4 heteroatoms. The zero-order chi connectivity index (χ0) is 12.0. The van der Waals surface area contributed by atoms with Crippen molar-refractivity contribution in [2.75, 3.05) is 26.8 Å². The van der Waals surface area contributed by atoms with Crippen LogP contribution in [0.1, 0.15) is 12.5 Å². The minimum absolute atomic E-state index is 0.212. The van der Waals surface area contributed by atoms with Crippen LogP contribution in [0.25, 0.3) is 0 Å². The molecule has 0 spiro atoms. The van der Waals surface area contributed by atoms with Crippen molar-refractivity contribution in [3.8, 4) is 0 Å². The summed E-state index contributed by atoms with van der Waals surface area (Å²) in [6.45, 7) is 5.46. The molecular weight excluding hydrogens is 273 g/mol. The molecule has 0 fully saturated rings. The van der Waals surface area contributed by atoms with Gasteiger partial charge < -0.3 is 4.74 Å². The van der Waals surface area contributed by atoms with Gasteiger partial charge in [0.2, 0.25) is 0 Å². The summed E-state index contributed by atoms with van der Waals surface area (Å²) >= 11 is 3.38. The van der Waals surface area contributed by atoms with Gasteiger partial charge in [0.25, 0.3) is 0 Å². The molecule has 16 heavy (non-hydrogen) atoms. The number of rotatable bonds is 6. The Balaban J connectivity index is 2.62. The maximum Gasteiger partial charge on any atom is 0.124 e. The molecule has 0 aromatic heterocycles. The molecule has 0 N–H and O–H groups in total. The Morgan fingerprint density at radius 2 is 2.19 bits per heavy atom. The lowest BCUT2D eigenvalue weighted by Gasteiger charge is -2.20. The summed E-state index contributed by atoms with van der Waals surface area (Å²) in [6, 6.07) is 4.80. The smallest absolute Gasteiger partial charge is 0.124 e. The van der Waals surface area contributed by atoms with Crippen LogP contribution in [0.4, 0.5) is 4.39 Å². The van der Waals surface area contributed by atoms with E-state index in [0.717, 1.165) is 29.7 Å². The molecule has 0 saturated carbocycles. The molecule has 0 aliphatic rings. The quantitative estimate of drug-likeness (QED) is 0.798. The van der Waals surface area contributed by atoms with Gasteiger partial charge >= 0.3 is 0 Å². The Labute approximate surface area is 105 Å². The Morgan fingerprint density at radius 1 is 1.44 bits per heavy atom. The molecule has 0 amide bonds. The topological polar surface area (TPSA) is 12.5 Å². The maximum absolute atomic E-state index is 12.9. The van der Waals surface area contributed by atoms with Gasteiger partial charge in [-0.3, -0.25) is 4.90 Å². The fraction of sp³-hybridized carbons (Fsp3) is 0.500. The standard InChI is InChI=1S/C12H17BrFNO/c1-3-15(6-7-16-2)9-10-4-5-11(14)8-12(10)13/h4-5,8H,3,6-7,9H2,1-2H3. The van der Waals surface area contributed by atoms with Crippen LogP contribution < -0.4 is 0 Å². The van der Waals surface area contributed by atoms with Crippen LogP contribution in [0.3, 0.4) is 0 Å². The van der Waals surface area contributed by atoms with Crippen LogP contribution in [-0.2, 0) is 11.3 Å². The lowest BCUT2D eigenvalue weighted by Crippen LogP contribution is -2.26. The first-order valence-corrected chi connectivity index (χ1v) is 6.12. The van der Waals surface area contributed by atoms with Crippen molar-refractivity contribution in [2.45, 2.75) is 13.5 Å². The van der Waals surface area contributed by atoms with Crippen molar-refractivity contribution in [3.63, 3.8) is 0 Å². The summed E-state index contributed by atoms with van der Waals surface area (Å²) in [6.07, 6.45) is 0. The number of hydrogen-bond donors (Lipinski definition) is 0. The lowest BCUT2D eigenvalue weighted by atomic mass is 10.2. The Kier molecular flexibility index (Phi) is 5.95. The highest BCUT2D eigenvalue weighted by atomic mass is 79.9. The molecule has 2 nitrogen and oxygen atoms in total. The van der Waals surface area contributed by atoms with Crippen LogP contribution in [0.5, 0.6) is 0 Å². The molecular formula is C12H17BrFNO. The van der Waals surface area contributed by atoms with Gasteiger partial charge in [0.05, 0.1) is 6.61 Å². The maximum atomic E-state index is 12.9. The summed E-state index contributed by atoms with van der Waals surface area (Å²) in [5.41, 5.74) is 1.10. The minimum atomic E-state index is -0.212. The summed E-state index contributed by atoms with van der Waals surface area (Å²) < 4.78 is 18.8. The van der Waals surface area contributed by atoms with E-state index in [1.165, 1.54) is 12.1 Å². The van der Waals surface area contributed by atoms with Crippen LogP contribution in [0.2, 0.25) is 0 Å². The third-order valence-corrected chi connectivity index (χ3v) is 3.21. The molecule has 1 aromatic carbocycles. The van der Waals surface area contributed by atoms with E-state index in [0.29, 0.717) is 6.61 Å². The van der Waals surface area contributed by atoms with Crippen molar-refractivity contribution in [3.05, 3.63) is 34.1 Å². The van der Waals surface area contributed by atoms with Gasteiger partial charge in [-0.05, 0) is 24.2 Å². The van der Waals surface area contributed by atoms with Gasteiger partial charge in [0.1, 0.15) is 5.82 Å². The molecule has 0 radical (unpaired) electrons. The van der Waals surface area contributed by atoms with Crippen LogP contribution in [0, 0.1) is 5.82 Å². The zero-order valence-electron chi connectivity index (χ0n) is 9.67. The second-order valence-electron chi connectivity index (χ2n) is 3.60. The molecule has 0 bridgehead atoms. The third kappa shape index (κ3) is 4.20. The number of nitrogens with zero attached hydrogens (tertiary/aromatic N) is 1. The normalized spacial score (nSPS) is 11.1. The van der Waals surface area contributed by atoms with Gasteiger partial charge in [-0.15, -0.1) is 0 Å². The van der Waals surface area contributed by atoms with E-state index in [9.17, 15) is 4.39 Å². The molecule has 0 aliphatic heterocycles. The molecule has 1 aromatic rings. The monoisotopic (exact) mass is 289 g/mol. The Bertz CT molecular complexity index is 333. The molecule has 90 valence electrons. The van der Waals surface area contributed by atoms with Gasteiger partial charge in [0, 0.05) is 24.7 Å². The largest absolute Gasteiger partial charge is 0.383 e. The highest BCUT2D eigenvalue weighted by Crippen LogP contribution is 2.19. The van der Waals surface area contributed by atoms with E-state index in [1.807, 2.05) is 6.07 Å². The van der Waals surface area contributed by atoms with Crippen LogP contribution >= 0.6 is 15.9 Å². The van der Waals surface area contributed by atoms with E-state index < -0.39 is 0 Å². The van der Waals surface area contributed by atoms with Crippen molar-refractivity contribution in [2.24, 2.45) is 0 Å². The first-order chi connectivity index (χ1) is 7.67. The van der Waals surface area contributed by atoms with Gasteiger partial charge in [-0.1, -0.05) is 28.9 Å². The average molecular weight is 290 g/mol. The number of likely N-dealkylation sites (N-methyl/N-ethyl adjacent to an activating group) is 1. The van der Waals surface area contributed by atoms with Crippen LogP contribution in [-0.4, -0.2) is 31.7 Å². The van der Waals surface area contributed by atoms with E-state index >= 15 is 0 Å². The van der Waals surface area contributed by atoms with Crippen LogP contribution in [0.15, 0.2) is 22.7 Å². The minimum Gasteiger partial charge on any atom is -0.383 e. The summed E-state index contributed by atoms with van der Waals surface area (Å²) in [7, 11) is 1.70. The van der Waals surface area contributed by atoms with Gasteiger partial charge in [0.15, 0.2) is 0 Å². The SMILES string of the molecule is CCN(CCOC)Cc1ccc(F)cc1Br. The predicted molar refractivity (Wildman–Crippen MR) is 66.9 cm³/mol. The molecule has 0 atom stereocenters. The predicted octanol–water partition coefficient (Wildman–Crippen LogP) is 3.06. The Morgan fingerprint density at radius 3 is 2.75 bits per heavy atom. The molecule has 1 rings (SSSR count). The average Bonchev–Trinajstić information content (AvgIpc) is 2.27. The first kappa shape index (κ1) is 13.6. The van der Waals surface area contributed by atoms with Crippen molar-refractivity contribution < 1.29 is 9.13 Å². The van der Waals surface area contributed by atoms with E-state index in [4.69, 9.17) is 4.74 Å².